The molecule has 0 fully saturated rings. The summed E-state index contributed by atoms with van der Waals surface area (Å²) in [6.07, 6.45) is 9.05. The van der Waals surface area contributed by atoms with Crippen LogP contribution in [0.1, 0.15) is 32.6 Å². The van der Waals surface area contributed by atoms with Crippen molar-refractivity contribution < 1.29 is 22.2 Å². The van der Waals surface area contributed by atoms with E-state index in [4.69, 9.17) is 0 Å². The smallest absolute Gasteiger partial charge is 0.418 e. The molecule has 0 bridgehead atoms. The van der Waals surface area contributed by atoms with Crippen LogP contribution in [0.25, 0.3) is 0 Å². The number of aliphatic imine (C=N–C) groups is 1. The molecule has 0 aromatic heterocycles. The van der Waals surface area contributed by atoms with Crippen LogP contribution in [0.3, 0.4) is 0 Å². The van der Waals surface area contributed by atoms with Gasteiger partial charge in [-0.1, -0.05) is 19.8 Å². The molecule has 0 aromatic carbocycles. The molecule has 1 N–H and O–H groups in total. The lowest BCUT2D eigenvalue weighted by Crippen LogP contribution is -3.06. The zero-order valence-corrected chi connectivity index (χ0v) is 9.52. The summed E-state index contributed by atoms with van der Waals surface area (Å²) in [6.45, 7) is 2.23. The Morgan fingerprint density at radius 1 is 1.25 bits per heavy atom. The number of amidine groups is 1. The molecule has 0 aliphatic carbocycles. The van der Waals surface area contributed by atoms with E-state index in [1.807, 2.05) is 6.20 Å². The van der Waals surface area contributed by atoms with Crippen molar-refractivity contribution in [2.75, 3.05) is 7.05 Å². The number of quaternary nitrogens is 1. The highest BCUT2D eigenvalue weighted by atomic mass is 19.5. The topological polar surface area (TPSA) is 16.8 Å². The summed E-state index contributed by atoms with van der Waals surface area (Å²) in [6, 6.07) is 0. The molecule has 2 nitrogen and oxygen atoms in total. The lowest BCUT2D eigenvalue weighted by molar-refractivity contribution is -0.719. The summed E-state index contributed by atoms with van der Waals surface area (Å²) in [5.74, 6) is 1.29. The second kappa shape index (κ2) is 7.43. The number of nitrogens with zero attached hydrogens (tertiary/aromatic N) is 1. The predicted octanol–water partition coefficient (Wildman–Crippen LogP) is 2.26. The highest BCUT2D eigenvalue weighted by Gasteiger charge is 2.20. The number of halogens is 4. The monoisotopic (exact) mass is 240 g/mol. The van der Waals surface area contributed by atoms with Gasteiger partial charge in [-0.15, -0.1) is 0 Å². The fraction of sp³-hybridized carbons (Fsp3) is 0.667. The van der Waals surface area contributed by atoms with Crippen LogP contribution >= 0.6 is 0 Å². The Morgan fingerprint density at radius 2 is 1.81 bits per heavy atom. The molecule has 0 amide bonds. The van der Waals surface area contributed by atoms with Crippen LogP contribution < -0.4 is 4.90 Å². The van der Waals surface area contributed by atoms with E-state index in [9.17, 15) is 17.3 Å². The molecule has 16 heavy (non-hydrogen) atoms. The van der Waals surface area contributed by atoms with Gasteiger partial charge < -0.3 is 17.3 Å². The zero-order chi connectivity index (χ0) is 12.6. The molecule has 0 spiro atoms. The van der Waals surface area contributed by atoms with Gasteiger partial charge in [-0.25, -0.2) is 4.99 Å². The maximum atomic E-state index is 9.75. The summed E-state index contributed by atoms with van der Waals surface area (Å²) in [5, 5.41) is 0. The van der Waals surface area contributed by atoms with E-state index in [0.29, 0.717) is 0 Å². The first kappa shape index (κ1) is 15.2. The molecule has 1 aliphatic rings. The van der Waals surface area contributed by atoms with Crippen molar-refractivity contribution in [1.82, 2.24) is 0 Å². The van der Waals surface area contributed by atoms with Gasteiger partial charge in [-0.05, 0) is 6.42 Å². The SMILES string of the molecule is CCCCCC1=NC=C[NH+]1C.F[B-](F)(F)F. The number of nitrogens with one attached hydrogen (secondary N) is 1. The molecule has 1 heterocycles. The summed E-state index contributed by atoms with van der Waals surface area (Å²) in [4.78, 5) is 5.64. The first-order valence-electron chi connectivity index (χ1n) is 5.29. The highest BCUT2D eigenvalue weighted by Crippen LogP contribution is 2.06. The molecule has 1 unspecified atom stereocenters. The van der Waals surface area contributed by atoms with E-state index in [-0.39, 0.29) is 0 Å². The summed E-state index contributed by atoms with van der Waals surface area (Å²) < 4.78 is 39.0. The van der Waals surface area contributed by atoms with Crippen molar-refractivity contribution in [2.45, 2.75) is 32.6 Å². The van der Waals surface area contributed by atoms with Gasteiger partial charge in [0, 0.05) is 6.42 Å². The summed E-state index contributed by atoms with van der Waals surface area (Å²) in [7, 11) is -3.87. The first-order chi connectivity index (χ1) is 7.34. The lowest BCUT2D eigenvalue weighted by Gasteiger charge is -2.04. The number of hydrogen-bond donors (Lipinski definition) is 1. The minimum Gasteiger partial charge on any atom is -0.418 e. The van der Waals surface area contributed by atoms with Crippen molar-refractivity contribution in [1.29, 1.82) is 0 Å². The van der Waals surface area contributed by atoms with Gasteiger partial charge >= 0.3 is 7.25 Å². The Morgan fingerprint density at radius 3 is 2.19 bits per heavy atom. The van der Waals surface area contributed by atoms with Crippen molar-refractivity contribution in [2.24, 2.45) is 4.99 Å². The number of rotatable bonds is 4. The van der Waals surface area contributed by atoms with Gasteiger partial charge in [0.25, 0.3) is 0 Å². The third kappa shape index (κ3) is 9.70. The lowest BCUT2D eigenvalue weighted by atomic mass is 10.2. The fourth-order valence-electron chi connectivity index (χ4n) is 1.24. The third-order valence-electron chi connectivity index (χ3n) is 2.03. The summed E-state index contributed by atoms with van der Waals surface area (Å²) >= 11 is 0. The minimum absolute atomic E-state index is 1.16. The van der Waals surface area contributed by atoms with E-state index in [2.05, 4.69) is 25.2 Å². The van der Waals surface area contributed by atoms with Crippen LogP contribution in [0.4, 0.5) is 17.3 Å². The standard InChI is InChI=1S/C9H16N2.BF4/c1-3-4-5-6-9-10-7-8-11(9)2;2-1(3,4)5/h7-8H,3-6H2,1-2H3;/q;-1/p+1. The van der Waals surface area contributed by atoms with Crippen LogP contribution in [-0.2, 0) is 0 Å². The number of unbranched alkanes of at least 4 members (excludes halogenated alkanes) is 2. The second-order valence-corrected chi connectivity index (χ2v) is 3.53. The Kier molecular flexibility index (Phi) is 7.04. The van der Waals surface area contributed by atoms with Crippen molar-refractivity contribution in [3.63, 3.8) is 0 Å². The van der Waals surface area contributed by atoms with E-state index in [1.54, 1.807) is 0 Å². The molecular weight excluding hydrogens is 223 g/mol. The van der Waals surface area contributed by atoms with Gasteiger partial charge in [-0.3, -0.25) is 4.90 Å². The first-order valence-corrected chi connectivity index (χ1v) is 5.29. The van der Waals surface area contributed by atoms with E-state index >= 15 is 0 Å². The summed E-state index contributed by atoms with van der Waals surface area (Å²) in [5.41, 5.74) is 0. The average Bonchev–Trinajstić information content (AvgIpc) is 2.49. The molecule has 7 heteroatoms. The molecule has 1 aliphatic heterocycles. The number of hydrogen-bond acceptors (Lipinski definition) is 1. The van der Waals surface area contributed by atoms with Gasteiger partial charge in [-0.2, -0.15) is 0 Å². The minimum atomic E-state index is -6.00. The Balaban J connectivity index is 0.000000385. The molecule has 1 atom stereocenters. The Bertz CT molecular complexity index is 244. The van der Waals surface area contributed by atoms with Crippen LogP contribution in [-0.4, -0.2) is 20.1 Å². The molecule has 0 saturated carbocycles. The van der Waals surface area contributed by atoms with E-state index < -0.39 is 7.25 Å². The van der Waals surface area contributed by atoms with Crippen molar-refractivity contribution in [3.8, 4) is 0 Å². The van der Waals surface area contributed by atoms with Gasteiger partial charge in [0.2, 0.25) is 5.84 Å². The quantitative estimate of drug-likeness (QED) is 0.441. The maximum Gasteiger partial charge on any atom is 0.673 e. The normalized spacial score (nSPS) is 19.1. The van der Waals surface area contributed by atoms with Crippen LogP contribution in [0, 0.1) is 0 Å². The molecular formula is C9H17BF4N2. The van der Waals surface area contributed by atoms with E-state index in [0.717, 1.165) is 6.42 Å². The predicted molar refractivity (Wildman–Crippen MR) is 57.8 cm³/mol. The van der Waals surface area contributed by atoms with E-state index in [1.165, 1.54) is 30.0 Å². The molecule has 0 saturated heterocycles. The fourth-order valence-corrected chi connectivity index (χ4v) is 1.24. The van der Waals surface area contributed by atoms with Gasteiger partial charge in [0.15, 0.2) is 0 Å². The molecule has 94 valence electrons. The second-order valence-electron chi connectivity index (χ2n) is 3.53. The van der Waals surface area contributed by atoms with Crippen LogP contribution in [0.15, 0.2) is 17.4 Å². The van der Waals surface area contributed by atoms with Gasteiger partial charge in [0.05, 0.1) is 13.2 Å². The van der Waals surface area contributed by atoms with Crippen LogP contribution in [0.5, 0.6) is 0 Å². The van der Waals surface area contributed by atoms with Gasteiger partial charge in [0.1, 0.15) is 6.20 Å². The third-order valence-corrected chi connectivity index (χ3v) is 2.03. The zero-order valence-electron chi connectivity index (χ0n) is 9.52. The Hall–Kier alpha value is -0.845. The van der Waals surface area contributed by atoms with Crippen molar-refractivity contribution >= 4 is 13.1 Å². The Labute approximate surface area is 93.1 Å². The molecule has 1 rings (SSSR count). The van der Waals surface area contributed by atoms with Crippen LogP contribution in [0.2, 0.25) is 0 Å². The maximum absolute atomic E-state index is 9.75. The molecule has 0 radical (unpaired) electrons. The highest BCUT2D eigenvalue weighted by molar-refractivity contribution is 6.50. The molecule has 0 aromatic rings. The largest absolute Gasteiger partial charge is 0.673 e. The average molecular weight is 240 g/mol. The van der Waals surface area contributed by atoms with Crippen molar-refractivity contribution in [3.05, 3.63) is 12.4 Å².